The Hall–Kier alpha value is -0.160. The van der Waals surface area contributed by atoms with E-state index in [1.807, 2.05) is 18.9 Å². The molecule has 2 unspecified atom stereocenters. The summed E-state index contributed by atoms with van der Waals surface area (Å²) in [4.78, 5) is 0. The van der Waals surface area contributed by atoms with Crippen molar-refractivity contribution in [2.24, 2.45) is 17.7 Å². The number of hydrazine groups is 1. The number of hydrogen-bond donors (Lipinski definition) is 2. The van der Waals surface area contributed by atoms with Crippen LogP contribution in [0.5, 0.6) is 0 Å². The van der Waals surface area contributed by atoms with Crippen molar-refractivity contribution in [3.05, 3.63) is 0 Å². The van der Waals surface area contributed by atoms with Crippen LogP contribution < -0.4 is 11.2 Å². The number of rotatable bonds is 3. The Balaban J connectivity index is 0.000000606. The summed E-state index contributed by atoms with van der Waals surface area (Å²) in [7, 11) is 0. The lowest BCUT2D eigenvalue weighted by Crippen LogP contribution is -2.52. The molecular formula is C12H27N3O. The first-order valence-corrected chi connectivity index (χ1v) is 6.56. The van der Waals surface area contributed by atoms with Gasteiger partial charge in [-0.2, -0.15) is 0 Å². The van der Waals surface area contributed by atoms with Crippen LogP contribution in [0.1, 0.15) is 27.2 Å². The molecule has 2 aliphatic heterocycles. The van der Waals surface area contributed by atoms with E-state index in [1.54, 1.807) is 0 Å². The van der Waals surface area contributed by atoms with Crippen molar-refractivity contribution in [1.82, 2.24) is 10.3 Å². The molecule has 0 saturated carbocycles. The normalized spacial score (nSPS) is 31.5. The van der Waals surface area contributed by atoms with Gasteiger partial charge in [-0.05, 0) is 12.3 Å². The predicted octanol–water partition coefficient (Wildman–Crippen LogP) is 0.833. The lowest BCUT2D eigenvalue weighted by Gasteiger charge is -2.36. The van der Waals surface area contributed by atoms with Gasteiger partial charge in [0.1, 0.15) is 0 Å². The van der Waals surface area contributed by atoms with E-state index in [2.05, 4.69) is 12.2 Å². The number of piperidine rings is 1. The molecule has 4 nitrogen and oxygen atoms in total. The Bertz CT molecular complexity index is 185. The Morgan fingerprint density at radius 2 is 2.06 bits per heavy atom. The molecule has 0 spiro atoms. The van der Waals surface area contributed by atoms with E-state index in [9.17, 15) is 0 Å². The first-order chi connectivity index (χ1) is 7.75. The minimum Gasteiger partial charge on any atom is -0.381 e. The Kier molecular flexibility index (Phi) is 6.28. The molecular weight excluding hydrogens is 202 g/mol. The molecule has 0 aliphatic carbocycles. The van der Waals surface area contributed by atoms with Crippen LogP contribution in [-0.4, -0.2) is 43.9 Å². The van der Waals surface area contributed by atoms with Gasteiger partial charge in [0.15, 0.2) is 0 Å². The van der Waals surface area contributed by atoms with E-state index in [4.69, 9.17) is 10.6 Å². The van der Waals surface area contributed by atoms with Crippen LogP contribution in [0.2, 0.25) is 0 Å². The summed E-state index contributed by atoms with van der Waals surface area (Å²) in [5, 5.41) is 5.56. The van der Waals surface area contributed by atoms with Gasteiger partial charge in [0.05, 0.1) is 13.2 Å². The maximum absolute atomic E-state index is 5.77. The van der Waals surface area contributed by atoms with Crippen molar-refractivity contribution >= 4 is 0 Å². The molecule has 0 amide bonds. The molecule has 0 aromatic heterocycles. The maximum atomic E-state index is 5.77. The van der Waals surface area contributed by atoms with Gasteiger partial charge in [-0.3, -0.25) is 5.84 Å². The summed E-state index contributed by atoms with van der Waals surface area (Å²) in [5.74, 6) is 7.18. The Morgan fingerprint density at radius 3 is 2.56 bits per heavy atom. The standard InChI is InChI=1S/C10H21N3O.C2H6/c1-8-5-13(11)3-2-10(8)12-4-9-6-14-7-9;1-2/h8-10,12H,2-7,11H2,1H3;1-2H3. The second kappa shape index (κ2) is 7.22. The molecule has 2 rings (SSSR count). The second-order valence-electron chi connectivity index (χ2n) is 4.68. The van der Waals surface area contributed by atoms with Gasteiger partial charge < -0.3 is 10.1 Å². The van der Waals surface area contributed by atoms with E-state index in [0.29, 0.717) is 12.0 Å². The molecule has 2 heterocycles. The molecule has 0 aromatic rings. The zero-order valence-electron chi connectivity index (χ0n) is 10.9. The topological polar surface area (TPSA) is 50.5 Å². The number of hydrogen-bond acceptors (Lipinski definition) is 4. The predicted molar refractivity (Wildman–Crippen MR) is 67.0 cm³/mol. The first-order valence-electron chi connectivity index (χ1n) is 6.56. The Morgan fingerprint density at radius 1 is 1.38 bits per heavy atom. The number of nitrogens with zero attached hydrogens (tertiary/aromatic N) is 1. The second-order valence-corrected chi connectivity index (χ2v) is 4.68. The molecule has 0 bridgehead atoms. The van der Waals surface area contributed by atoms with Crippen molar-refractivity contribution in [1.29, 1.82) is 0 Å². The van der Waals surface area contributed by atoms with Crippen LogP contribution >= 0.6 is 0 Å². The highest BCUT2D eigenvalue weighted by atomic mass is 16.5. The van der Waals surface area contributed by atoms with Crippen molar-refractivity contribution in [2.45, 2.75) is 33.2 Å². The molecule has 2 saturated heterocycles. The van der Waals surface area contributed by atoms with Crippen LogP contribution in [0.3, 0.4) is 0 Å². The quantitative estimate of drug-likeness (QED) is 0.704. The van der Waals surface area contributed by atoms with Crippen LogP contribution in [0.25, 0.3) is 0 Å². The molecule has 2 fully saturated rings. The van der Waals surface area contributed by atoms with E-state index in [-0.39, 0.29) is 0 Å². The molecule has 96 valence electrons. The van der Waals surface area contributed by atoms with Gasteiger partial charge in [-0.25, -0.2) is 5.01 Å². The minimum atomic E-state index is 0.649. The lowest BCUT2D eigenvalue weighted by molar-refractivity contribution is -0.0334. The fourth-order valence-electron chi connectivity index (χ4n) is 2.20. The van der Waals surface area contributed by atoms with Crippen molar-refractivity contribution in [3.63, 3.8) is 0 Å². The first kappa shape index (κ1) is 13.9. The lowest BCUT2D eigenvalue weighted by atomic mass is 9.94. The Labute approximate surface area is 99.5 Å². The third-order valence-electron chi connectivity index (χ3n) is 3.31. The molecule has 2 atom stereocenters. The molecule has 4 heteroatoms. The largest absolute Gasteiger partial charge is 0.381 e. The van der Waals surface area contributed by atoms with E-state index in [1.165, 1.54) is 6.42 Å². The third-order valence-corrected chi connectivity index (χ3v) is 3.31. The summed E-state index contributed by atoms with van der Waals surface area (Å²) < 4.78 is 5.15. The fourth-order valence-corrected chi connectivity index (χ4v) is 2.20. The van der Waals surface area contributed by atoms with E-state index in [0.717, 1.165) is 38.8 Å². The highest BCUT2D eigenvalue weighted by Crippen LogP contribution is 2.16. The average Bonchev–Trinajstić information content (AvgIpc) is 2.22. The van der Waals surface area contributed by atoms with Gasteiger partial charge in [-0.1, -0.05) is 20.8 Å². The monoisotopic (exact) mass is 229 g/mol. The maximum Gasteiger partial charge on any atom is 0.0528 e. The summed E-state index contributed by atoms with van der Waals surface area (Å²) in [6, 6.07) is 0.649. The van der Waals surface area contributed by atoms with Gasteiger partial charge in [0.25, 0.3) is 0 Å². The number of ether oxygens (including phenoxy) is 1. The molecule has 16 heavy (non-hydrogen) atoms. The molecule has 2 aliphatic rings. The highest BCUT2D eigenvalue weighted by molar-refractivity contribution is 4.82. The summed E-state index contributed by atoms with van der Waals surface area (Å²) >= 11 is 0. The van der Waals surface area contributed by atoms with Gasteiger partial charge >= 0.3 is 0 Å². The zero-order chi connectivity index (χ0) is 12.0. The van der Waals surface area contributed by atoms with Crippen molar-refractivity contribution < 1.29 is 4.74 Å². The number of nitrogens with two attached hydrogens (primary N) is 1. The van der Waals surface area contributed by atoms with Crippen molar-refractivity contribution in [2.75, 3.05) is 32.8 Å². The van der Waals surface area contributed by atoms with Gasteiger partial charge in [0.2, 0.25) is 0 Å². The fraction of sp³-hybridized carbons (Fsp3) is 1.00. The summed E-state index contributed by atoms with van der Waals surface area (Å²) in [6.07, 6.45) is 1.17. The molecule has 3 N–H and O–H groups in total. The van der Waals surface area contributed by atoms with Crippen molar-refractivity contribution in [3.8, 4) is 0 Å². The molecule has 0 aromatic carbocycles. The average molecular weight is 229 g/mol. The highest BCUT2D eigenvalue weighted by Gasteiger charge is 2.26. The van der Waals surface area contributed by atoms with Crippen LogP contribution in [-0.2, 0) is 4.74 Å². The van der Waals surface area contributed by atoms with Crippen LogP contribution in [0.4, 0.5) is 0 Å². The minimum absolute atomic E-state index is 0.649. The molecule has 0 radical (unpaired) electrons. The summed E-state index contributed by atoms with van der Waals surface area (Å²) in [6.45, 7) is 11.3. The smallest absolute Gasteiger partial charge is 0.0528 e. The zero-order valence-corrected chi connectivity index (χ0v) is 10.9. The number of nitrogens with one attached hydrogen (secondary N) is 1. The van der Waals surface area contributed by atoms with Gasteiger partial charge in [0, 0.05) is 31.6 Å². The summed E-state index contributed by atoms with van der Waals surface area (Å²) in [5.41, 5.74) is 0. The van der Waals surface area contributed by atoms with E-state index >= 15 is 0 Å². The van der Waals surface area contributed by atoms with Crippen LogP contribution in [0.15, 0.2) is 0 Å². The van der Waals surface area contributed by atoms with E-state index < -0.39 is 0 Å². The van der Waals surface area contributed by atoms with Gasteiger partial charge in [-0.15, -0.1) is 0 Å². The third kappa shape index (κ3) is 4.01. The SMILES string of the molecule is CC.CC1CN(N)CCC1NCC1COC1. The van der Waals surface area contributed by atoms with Crippen LogP contribution in [0, 0.1) is 11.8 Å².